The Bertz CT molecular complexity index is 1180. The van der Waals surface area contributed by atoms with Gasteiger partial charge < -0.3 is 19.3 Å². The molecule has 0 amide bonds. The molecule has 0 heterocycles. The molecule has 0 aromatic heterocycles. The fourth-order valence-electron chi connectivity index (χ4n) is 10.1. The molecule has 0 aromatic rings. The molecule has 4 rings (SSSR count). The van der Waals surface area contributed by atoms with Gasteiger partial charge in [-0.25, -0.2) is 9.59 Å². The van der Waals surface area contributed by atoms with Gasteiger partial charge in [-0.2, -0.15) is 0 Å². The van der Waals surface area contributed by atoms with E-state index in [0.717, 1.165) is 42.9 Å². The van der Waals surface area contributed by atoms with Crippen molar-refractivity contribution in [1.82, 2.24) is 0 Å². The highest BCUT2D eigenvalue weighted by Gasteiger charge is 2.59. The number of carbonyl (C=O) groups excluding carboxylic acids is 2. The maximum atomic E-state index is 11.9. The number of fused-ring (bicyclic) bond motifs is 5. The van der Waals surface area contributed by atoms with Crippen molar-refractivity contribution in [3.05, 3.63) is 48.6 Å². The summed E-state index contributed by atoms with van der Waals surface area (Å²) in [5, 5.41) is 9.13. The van der Waals surface area contributed by atoms with Crippen molar-refractivity contribution in [1.29, 1.82) is 0 Å². The number of hydrogen-bond acceptors (Lipinski definition) is 6. The summed E-state index contributed by atoms with van der Waals surface area (Å²) in [7, 11) is 0. The Morgan fingerprint density at radius 2 is 1.67 bits per heavy atom. The zero-order valence-electron chi connectivity index (χ0n) is 31.0. The number of aliphatic hydroxyl groups is 1. The molecule has 0 aliphatic heterocycles. The average molecular weight is 667 g/mol. The summed E-state index contributed by atoms with van der Waals surface area (Å²) in [6, 6.07) is 0. The van der Waals surface area contributed by atoms with Crippen LogP contribution in [0, 0.1) is 58.2 Å². The van der Waals surface area contributed by atoms with E-state index in [2.05, 4.69) is 72.9 Å². The van der Waals surface area contributed by atoms with Crippen LogP contribution in [0.25, 0.3) is 0 Å². The Kier molecular flexibility index (Phi) is 13.8. The van der Waals surface area contributed by atoms with Crippen LogP contribution in [0.3, 0.4) is 0 Å². The molecule has 4 aliphatic rings. The topological polar surface area (TPSA) is 82.1 Å². The van der Waals surface area contributed by atoms with Gasteiger partial charge in [-0.1, -0.05) is 78.5 Å². The minimum Gasteiger partial charge on any atom is -0.463 e. The molecule has 48 heavy (non-hydrogen) atoms. The van der Waals surface area contributed by atoms with Crippen molar-refractivity contribution in [3.63, 3.8) is 0 Å². The summed E-state index contributed by atoms with van der Waals surface area (Å²) in [4.78, 5) is 23.5. The molecule has 3 unspecified atom stereocenters. The van der Waals surface area contributed by atoms with Crippen LogP contribution < -0.4 is 0 Å². The van der Waals surface area contributed by atoms with E-state index in [9.17, 15) is 9.59 Å². The summed E-state index contributed by atoms with van der Waals surface area (Å²) >= 11 is 0. The summed E-state index contributed by atoms with van der Waals surface area (Å²) in [5.74, 6) is 4.38. The molecule has 10 atom stereocenters. The summed E-state index contributed by atoms with van der Waals surface area (Å²) in [5.41, 5.74) is 2.44. The largest absolute Gasteiger partial charge is 0.463 e. The van der Waals surface area contributed by atoms with Gasteiger partial charge in [0.1, 0.15) is 0 Å². The molecule has 0 saturated heterocycles. The van der Waals surface area contributed by atoms with E-state index in [0.29, 0.717) is 48.0 Å². The number of allylic oxidation sites excluding steroid dienone is 3. The van der Waals surface area contributed by atoms with Crippen molar-refractivity contribution in [2.24, 2.45) is 58.2 Å². The number of esters is 2. The predicted octanol–water partition coefficient (Wildman–Crippen LogP) is 9.04. The van der Waals surface area contributed by atoms with E-state index in [4.69, 9.17) is 19.3 Å². The van der Waals surface area contributed by atoms with E-state index >= 15 is 0 Å². The Morgan fingerprint density at radius 3 is 2.35 bits per heavy atom. The lowest BCUT2D eigenvalue weighted by atomic mass is 9.47. The Hall–Kier alpha value is -2.18. The van der Waals surface area contributed by atoms with E-state index in [1.807, 2.05) is 0 Å². The zero-order valence-corrected chi connectivity index (χ0v) is 31.0. The number of ether oxygens (including phenoxy) is 3. The monoisotopic (exact) mass is 666 g/mol. The van der Waals surface area contributed by atoms with E-state index in [-0.39, 0.29) is 30.8 Å². The number of aliphatic hydroxyl groups excluding tert-OH is 1. The third-order valence-corrected chi connectivity index (χ3v) is 13.6. The molecular weight excluding hydrogens is 600 g/mol. The van der Waals surface area contributed by atoms with Crippen LogP contribution >= 0.6 is 0 Å². The smallest absolute Gasteiger partial charge is 0.335 e. The quantitative estimate of drug-likeness (QED) is 0.0948. The van der Waals surface area contributed by atoms with Crippen molar-refractivity contribution >= 4 is 11.9 Å². The molecule has 0 radical (unpaired) electrons. The highest BCUT2D eigenvalue weighted by Crippen LogP contribution is 2.67. The molecule has 270 valence electrons. The highest BCUT2D eigenvalue weighted by atomic mass is 16.5. The van der Waals surface area contributed by atoms with Gasteiger partial charge in [0.25, 0.3) is 0 Å². The van der Waals surface area contributed by atoms with Crippen molar-refractivity contribution in [2.45, 2.75) is 118 Å². The van der Waals surface area contributed by atoms with Gasteiger partial charge in [0.2, 0.25) is 0 Å². The fraction of sp³-hybridized carbons (Fsp3) is 0.762. The Morgan fingerprint density at radius 1 is 0.958 bits per heavy atom. The summed E-state index contributed by atoms with van der Waals surface area (Å²) in [6.07, 6.45) is 21.2. The number of hydrogen-bond donors (Lipinski definition) is 1. The normalized spacial score (nSPS) is 33.2. The number of carbonyl (C=O) groups is 2. The summed E-state index contributed by atoms with van der Waals surface area (Å²) < 4.78 is 17.0. The summed E-state index contributed by atoms with van der Waals surface area (Å²) in [6.45, 7) is 22.4. The Balaban J connectivity index is 1.31. The number of rotatable bonds is 17. The Labute approximate surface area is 291 Å². The molecule has 1 N–H and O–H groups in total. The first-order valence-corrected chi connectivity index (χ1v) is 19.1. The van der Waals surface area contributed by atoms with Crippen molar-refractivity contribution < 1.29 is 28.9 Å². The van der Waals surface area contributed by atoms with Crippen LogP contribution in [0.2, 0.25) is 0 Å². The predicted molar refractivity (Wildman–Crippen MR) is 193 cm³/mol. The highest BCUT2D eigenvalue weighted by molar-refractivity contribution is 5.87. The van der Waals surface area contributed by atoms with Crippen LogP contribution in [-0.4, -0.2) is 49.6 Å². The van der Waals surface area contributed by atoms with Gasteiger partial charge in [0.15, 0.2) is 0 Å². The van der Waals surface area contributed by atoms with Crippen LogP contribution in [0.4, 0.5) is 0 Å². The second-order valence-corrected chi connectivity index (χ2v) is 16.6. The third kappa shape index (κ3) is 8.94. The minimum absolute atomic E-state index is 0.0475. The van der Waals surface area contributed by atoms with Crippen LogP contribution in [-0.2, 0) is 23.8 Å². The first-order valence-electron chi connectivity index (χ1n) is 19.1. The fourth-order valence-corrected chi connectivity index (χ4v) is 10.1. The molecule has 0 spiro atoms. The minimum atomic E-state index is -0.576. The van der Waals surface area contributed by atoms with Crippen molar-refractivity contribution in [2.75, 3.05) is 26.4 Å². The lowest BCUT2D eigenvalue weighted by Crippen LogP contribution is -2.51. The maximum Gasteiger partial charge on any atom is 0.335 e. The van der Waals surface area contributed by atoms with Crippen LogP contribution in [0.5, 0.6) is 0 Å². The molecule has 0 bridgehead atoms. The zero-order chi connectivity index (χ0) is 35.1. The second kappa shape index (κ2) is 17.2. The third-order valence-electron chi connectivity index (χ3n) is 13.6. The molecule has 6 heteroatoms. The SMILES string of the molecule is C=CC(=O)OCCC(CCOC(=O)C(=C)CO)CCO[C@H]1CC[C@@]2(C)C(=CC[C@@H]3C2CC[C@@]2(C)C3CC[C@@H]2[C@H](C)/C=C/[C@H](C)C(C)C)C1. The van der Waals surface area contributed by atoms with Gasteiger partial charge in [-0.3, -0.25) is 0 Å². The van der Waals surface area contributed by atoms with Crippen molar-refractivity contribution in [3.8, 4) is 0 Å². The van der Waals surface area contributed by atoms with Crippen LogP contribution in [0.1, 0.15) is 112 Å². The van der Waals surface area contributed by atoms with Gasteiger partial charge in [-0.05, 0) is 129 Å². The first kappa shape index (κ1) is 38.6. The lowest BCUT2D eigenvalue weighted by molar-refractivity contribution is -0.139. The van der Waals surface area contributed by atoms with Gasteiger partial charge in [0, 0.05) is 12.7 Å². The molecule has 0 aromatic carbocycles. The van der Waals surface area contributed by atoms with E-state index < -0.39 is 18.5 Å². The van der Waals surface area contributed by atoms with Gasteiger partial charge in [0.05, 0.1) is 31.5 Å². The molecule has 6 nitrogen and oxygen atoms in total. The maximum absolute atomic E-state index is 11.9. The van der Waals surface area contributed by atoms with Gasteiger partial charge in [-0.15, -0.1) is 0 Å². The molecule has 3 saturated carbocycles. The van der Waals surface area contributed by atoms with Crippen LogP contribution in [0.15, 0.2) is 48.6 Å². The first-order chi connectivity index (χ1) is 22.8. The molecular formula is C42H66O6. The lowest BCUT2D eigenvalue weighted by Gasteiger charge is -2.58. The van der Waals surface area contributed by atoms with E-state index in [1.54, 1.807) is 5.57 Å². The molecule has 3 fully saturated rings. The molecule has 4 aliphatic carbocycles. The average Bonchev–Trinajstić information content (AvgIpc) is 3.43. The van der Waals surface area contributed by atoms with E-state index in [1.165, 1.54) is 44.6 Å². The standard InChI is InChI=1S/C42H66O6/c1-9-39(44)47-24-19-32(20-25-48-40(45)31(6)27-43)18-23-46-34-16-21-41(7)33(26-34)12-13-35-37-15-14-36(42(37,8)22-17-38(35)41)30(5)11-10-29(4)28(2)3/h9-12,28-30,32,34-38,43H,1,6,13-27H2,2-5,7-8H3/b11-10+/t29-,30+,32?,34-,35-,36+,37?,38?,41-,42+/m0/s1. The van der Waals surface area contributed by atoms with Gasteiger partial charge >= 0.3 is 11.9 Å². The second-order valence-electron chi connectivity index (χ2n) is 16.6.